The van der Waals surface area contributed by atoms with Gasteiger partial charge in [-0.05, 0) is 38.5 Å². The van der Waals surface area contributed by atoms with Crippen LogP contribution in [0.3, 0.4) is 0 Å². The maximum atomic E-state index is 6.23. The first-order chi connectivity index (χ1) is 12.0. The highest BCUT2D eigenvalue weighted by molar-refractivity contribution is 6.35. The Morgan fingerprint density at radius 3 is 2.60 bits per heavy atom. The van der Waals surface area contributed by atoms with Crippen molar-refractivity contribution in [2.75, 3.05) is 0 Å². The summed E-state index contributed by atoms with van der Waals surface area (Å²) >= 11 is 12.5. The second kappa shape index (κ2) is 7.46. The highest BCUT2D eigenvalue weighted by atomic mass is 35.5. The average molecular weight is 376 g/mol. The molecule has 4 nitrogen and oxygen atoms in total. The zero-order chi connectivity index (χ0) is 18.0. The van der Waals surface area contributed by atoms with Crippen LogP contribution < -0.4 is 4.74 Å². The van der Waals surface area contributed by atoms with Crippen LogP contribution in [0.15, 0.2) is 36.5 Å². The SMILES string of the molecule is C/C=C/Cn1c(C)c(C)c2cnnc(OCc3c(Cl)cccc3Cl)c21. The van der Waals surface area contributed by atoms with Crippen molar-refractivity contribution < 1.29 is 4.74 Å². The molecule has 0 bridgehead atoms. The van der Waals surface area contributed by atoms with Crippen molar-refractivity contribution >= 4 is 34.1 Å². The number of hydrogen-bond donors (Lipinski definition) is 0. The van der Waals surface area contributed by atoms with Crippen LogP contribution in [0.1, 0.15) is 23.7 Å². The van der Waals surface area contributed by atoms with Crippen molar-refractivity contribution in [2.24, 2.45) is 0 Å². The van der Waals surface area contributed by atoms with E-state index in [-0.39, 0.29) is 6.61 Å². The van der Waals surface area contributed by atoms with Gasteiger partial charge in [-0.3, -0.25) is 0 Å². The Morgan fingerprint density at radius 2 is 1.92 bits per heavy atom. The molecule has 0 saturated carbocycles. The van der Waals surface area contributed by atoms with Crippen molar-refractivity contribution in [1.82, 2.24) is 14.8 Å². The van der Waals surface area contributed by atoms with Gasteiger partial charge >= 0.3 is 0 Å². The second-order valence-corrected chi connectivity index (χ2v) is 6.61. The summed E-state index contributed by atoms with van der Waals surface area (Å²) in [6.07, 6.45) is 5.90. The van der Waals surface area contributed by atoms with Gasteiger partial charge in [0.15, 0.2) is 0 Å². The van der Waals surface area contributed by atoms with Crippen molar-refractivity contribution in [3.63, 3.8) is 0 Å². The van der Waals surface area contributed by atoms with Gasteiger partial charge in [0.1, 0.15) is 12.1 Å². The smallest absolute Gasteiger partial charge is 0.258 e. The molecule has 0 unspecified atom stereocenters. The largest absolute Gasteiger partial charge is 0.470 e. The van der Waals surface area contributed by atoms with Gasteiger partial charge in [-0.1, -0.05) is 41.4 Å². The van der Waals surface area contributed by atoms with E-state index in [2.05, 4.69) is 34.7 Å². The summed E-state index contributed by atoms with van der Waals surface area (Å²) in [7, 11) is 0. The summed E-state index contributed by atoms with van der Waals surface area (Å²) in [6, 6.07) is 5.40. The third-order valence-corrected chi connectivity index (χ3v) is 5.06. The van der Waals surface area contributed by atoms with Crippen LogP contribution in [-0.4, -0.2) is 14.8 Å². The molecule has 0 aliphatic carbocycles. The van der Waals surface area contributed by atoms with Crippen LogP contribution in [0.5, 0.6) is 5.88 Å². The van der Waals surface area contributed by atoms with E-state index in [0.717, 1.165) is 23.0 Å². The maximum Gasteiger partial charge on any atom is 0.258 e. The molecule has 0 spiro atoms. The van der Waals surface area contributed by atoms with Gasteiger partial charge < -0.3 is 9.30 Å². The van der Waals surface area contributed by atoms with Crippen molar-refractivity contribution in [3.05, 3.63) is 63.4 Å². The van der Waals surface area contributed by atoms with E-state index in [4.69, 9.17) is 27.9 Å². The van der Waals surface area contributed by atoms with Gasteiger partial charge in [0, 0.05) is 33.2 Å². The standard InChI is InChI=1S/C19H19Cl2N3O/c1-4-5-9-24-13(3)12(2)14-10-22-23-19(18(14)24)25-11-15-16(20)7-6-8-17(15)21/h4-8,10H,9,11H2,1-3H3/b5-4+. The summed E-state index contributed by atoms with van der Waals surface area (Å²) in [6.45, 7) is 7.17. The van der Waals surface area contributed by atoms with Crippen LogP contribution in [0.4, 0.5) is 0 Å². The Labute approximate surface area is 157 Å². The van der Waals surface area contributed by atoms with Gasteiger partial charge in [0.2, 0.25) is 0 Å². The molecule has 0 saturated heterocycles. The molecule has 3 aromatic rings. The van der Waals surface area contributed by atoms with E-state index in [1.165, 1.54) is 11.3 Å². The lowest BCUT2D eigenvalue weighted by Crippen LogP contribution is -2.04. The number of allylic oxidation sites excluding steroid dienone is 2. The minimum absolute atomic E-state index is 0.235. The molecule has 0 N–H and O–H groups in total. The third kappa shape index (κ3) is 3.37. The molecule has 3 rings (SSSR count). The molecular formula is C19H19Cl2N3O. The number of fused-ring (bicyclic) bond motifs is 1. The molecule has 25 heavy (non-hydrogen) atoms. The zero-order valence-corrected chi connectivity index (χ0v) is 15.9. The van der Waals surface area contributed by atoms with E-state index < -0.39 is 0 Å². The predicted molar refractivity (Wildman–Crippen MR) is 103 cm³/mol. The van der Waals surface area contributed by atoms with E-state index in [9.17, 15) is 0 Å². The first-order valence-electron chi connectivity index (χ1n) is 8.02. The van der Waals surface area contributed by atoms with E-state index in [0.29, 0.717) is 15.9 Å². The molecule has 6 heteroatoms. The first kappa shape index (κ1) is 17.8. The molecule has 0 fully saturated rings. The summed E-state index contributed by atoms with van der Waals surface area (Å²) < 4.78 is 8.15. The number of aromatic nitrogens is 3. The second-order valence-electron chi connectivity index (χ2n) is 5.79. The van der Waals surface area contributed by atoms with Gasteiger partial charge in [0.05, 0.1) is 6.20 Å². The first-order valence-corrected chi connectivity index (χ1v) is 8.78. The Morgan fingerprint density at radius 1 is 1.20 bits per heavy atom. The highest BCUT2D eigenvalue weighted by Gasteiger charge is 2.17. The fourth-order valence-corrected chi connectivity index (χ4v) is 3.32. The van der Waals surface area contributed by atoms with Crippen LogP contribution in [-0.2, 0) is 13.2 Å². The fourth-order valence-electron chi connectivity index (χ4n) is 2.81. The highest BCUT2D eigenvalue weighted by Crippen LogP contribution is 2.32. The lowest BCUT2D eigenvalue weighted by Gasteiger charge is -2.11. The molecule has 1 aromatic carbocycles. The number of rotatable bonds is 5. The van der Waals surface area contributed by atoms with Crippen LogP contribution in [0.25, 0.3) is 10.9 Å². The van der Waals surface area contributed by atoms with Crippen LogP contribution in [0.2, 0.25) is 10.0 Å². The van der Waals surface area contributed by atoms with Gasteiger partial charge in [0.25, 0.3) is 5.88 Å². The number of nitrogens with zero attached hydrogens (tertiary/aromatic N) is 3. The molecule has 130 valence electrons. The zero-order valence-electron chi connectivity index (χ0n) is 14.4. The van der Waals surface area contributed by atoms with Crippen molar-refractivity contribution in [1.29, 1.82) is 0 Å². The van der Waals surface area contributed by atoms with Crippen LogP contribution in [0, 0.1) is 13.8 Å². The predicted octanol–water partition coefficient (Wildman–Crippen LogP) is 5.51. The minimum Gasteiger partial charge on any atom is -0.470 e. The number of hydrogen-bond acceptors (Lipinski definition) is 3. The van der Waals surface area contributed by atoms with E-state index >= 15 is 0 Å². The Bertz CT molecular complexity index is 927. The van der Waals surface area contributed by atoms with E-state index in [1.807, 2.05) is 19.1 Å². The van der Waals surface area contributed by atoms with Crippen LogP contribution >= 0.6 is 23.2 Å². The Hall–Kier alpha value is -2.04. The Kier molecular flexibility index (Phi) is 5.30. The number of ether oxygens (including phenoxy) is 1. The number of halogens is 2. The molecule has 0 radical (unpaired) electrons. The normalized spacial score (nSPS) is 11.6. The Balaban J connectivity index is 2.03. The molecule has 0 aliphatic rings. The minimum atomic E-state index is 0.235. The average Bonchev–Trinajstić information content (AvgIpc) is 2.84. The third-order valence-electron chi connectivity index (χ3n) is 4.35. The summed E-state index contributed by atoms with van der Waals surface area (Å²) in [5, 5.41) is 10.5. The molecule has 2 aromatic heterocycles. The summed E-state index contributed by atoms with van der Waals surface area (Å²) in [5.41, 5.74) is 4.02. The van der Waals surface area contributed by atoms with Crippen molar-refractivity contribution in [3.8, 4) is 5.88 Å². The van der Waals surface area contributed by atoms with Gasteiger partial charge in [-0.15, -0.1) is 5.10 Å². The number of benzene rings is 1. The van der Waals surface area contributed by atoms with Crippen molar-refractivity contribution in [2.45, 2.75) is 33.9 Å². The van der Waals surface area contributed by atoms with Gasteiger partial charge in [-0.2, -0.15) is 5.10 Å². The fraction of sp³-hybridized carbons (Fsp3) is 0.263. The lowest BCUT2D eigenvalue weighted by molar-refractivity contribution is 0.293. The number of aryl methyl sites for hydroxylation is 1. The van der Waals surface area contributed by atoms with E-state index in [1.54, 1.807) is 18.3 Å². The quantitative estimate of drug-likeness (QED) is 0.551. The molecule has 0 aliphatic heterocycles. The molecule has 2 heterocycles. The topological polar surface area (TPSA) is 39.9 Å². The summed E-state index contributed by atoms with van der Waals surface area (Å²) in [5.74, 6) is 0.481. The molecular weight excluding hydrogens is 357 g/mol. The van der Waals surface area contributed by atoms with Gasteiger partial charge in [-0.25, -0.2) is 0 Å². The lowest BCUT2D eigenvalue weighted by atomic mass is 10.2. The maximum absolute atomic E-state index is 6.23. The monoisotopic (exact) mass is 375 g/mol. The summed E-state index contributed by atoms with van der Waals surface area (Å²) in [4.78, 5) is 0. The molecule has 0 atom stereocenters. The molecule has 0 amide bonds.